The third kappa shape index (κ3) is 5.07. The van der Waals surface area contributed by atoms with Crippen LogP contribution in [0.1, 0.15) is 23.6 Å². The molecule has 31 heavy (non-hydrogen) atoms. The van der Waals surface area contributed by atoms with E-state index in [0.717, 1.165) is 33.2 Å². The van der Waals surface area contributed by atoms with Crippen molar-refractivity contribution < 1.29 is 14.3 Å². The van der Waals surface area contributed by atoms with Gasteiger partial charge in [-0.2, -0.15) is 0 Å². The number of Topliss-reactive ketones (excluding diaryl/α,β-unsaturated/α-hetero) is 1. The van der Waals surface area contributed by atoms with Crippen LogP contribution in [0.5, 0.6) is 11.5 Å². The van der Waals surface area contributed by atoms with Crippen LogP contribution in [0.2, 0.25) is 5.02 Å². The molecule has 0 heterocycles. The summed E-state index contributed by atoms with van der Waals surface area (Å²) in [6.45, 7) is 2.00. The molecule has 0 radical (unpaired) electrons. The maximum absolute atomic E-state index is 11.6. The lowest BCUT2D eigenvalue weighted by molar-refractivity contribution is -0.118. The van der Waals surface area contributed by atoms with E-state index < -0.39 is 0 Å². The van der Waals surface area contributed by atoms with Crippen molar-refractivity contribution in [1.29, 1.82) is 0 Å². The molecule has 4 heteroatoms. The minimum Gasteiger partial charge on any atom is -0.488 e. The summed E-state index contributed by atoms with van der Waals surface area (Å²) >= 11 is 6.43. The Balaban J connectivity index is 1.78. The lowest BCUT2D eigenvalue weighted by atomic mass is 9.98. The highest BCUT2D eigenvalue weighted by Gasteiger charge is 2.16. The van der Waals surface area contributed by atoms with Crippen LogP contribution < -0.4 is 9.47 Å². The zero-order chi connectivity index (χ0) is 21.6. The Hall–Kier alpha value is -3.30. The minimum atomic E-state index is -0.0304. The van der Waals surface area contributed by atoms with E-state index in [4.69, 9.17) is 21.1 Å². The van der Waals surface area contributed by atoms with Crippen LogP contribution in [-0.4, -0.2) is 12.4 Å². The SMILES string of the molecule is CC(=O)COc1c(Cc2ccccc2Cl)cc(OCc2ccccc2)c2ccccc12. The van der Waals surface area contributed by atoms with E-state index in [1.54, 1.807) is 0 Å². The van der Waals surface area contributed by atoms with Crippen LogP contribution in [0.25, 0.3) is 10.8 Å². The largest absolute Gasteiger partial charge is 0.488 e. The summed E-state index contributed by atoms with van der Waals surface area (Å²) in [4.78, 5) is 11.6. The topological polar surface area (TPSA) is 35.5 Å². The molecule has 0 aliphatic rings. The molecule has 4 aromatic carbocycles. The Labute approximate surface area is 187 Å². The molecule has 0 aliphatic heterocycles. The number of hydrogen-bond donors (Lipinski definition) is 0. The third-order valence-electron chi connectivity index (χ3n) is 5.03. The number of hydrogen-bond acceptors (Lipinski definition) is 3. The number of ether oxygens (including phenoxy) is 2. The maximum Gasteiger partial charge on any atom is 0.167 e. The van der Waals surface area contributed by atoms with Crippen molar-refractivity contribution in [3.63, 3.8) is 0 Å². The zero-order valence-electron chi connectivity index (χ0n) is 17.3. The van der Waals surface area contributed by atoms with E-state index in [2.05, 4.69) is 0 Å². The van der Waals surface area contributed by atoms with E-state index in [1.165, 1.54) is 6.92 Å². The van der Waals surface area contributed by atoms with Crippen LogP contribution in [0.3, 0.4) is 0 Å². The van der Waals surface area contributed by atoms with Gasteiger partial charge in [0, 0.05) is 27.8 Å². The highest BCUT2D eigenvalue weighted by molar-refractivity contribution is 6.31. The summed E-state index contributed by atoms with van der Waals surface area (Å²) < 4.78 is 12.2. The van der Waals surface area contributed by atoms with Crippen molar-refractivity contribution in [2.75, 3.05) is 6.61 Å². The number of halogens is 1. The molecular weight excluding hydrogens is 408 g/mol. The number of carbonyl (C=O) groups excluding carboxylic acids is 1. The fourth-order valence-electron chi connectivity index (χ4n) is 3.55. The molecule has 0 atom stereocenters. The average Bonchev–Trinajstić information content (AvgIpc) is 2.79. The Kier molecular flexibility index (Phi) is 6.54. The molecule has 0 bridgehead atoms. The van der Waals surface area contributed by atoms with Crippen LogP contribution >= 0.6 is 11.6 Å². The molecule has 0 spiro atoms. The summed E-state index contributed by atoms with van der Waals surface area (Å²) in [6, 6.07) is 27.8. The quantitative estimate of drug-likeness (QED) is 0.314. The number of rotatable bonds is 8. The van der Waals surface area contributed by atoms with E-state index in [1.807, 2.05) is 84.9 Å². The molecule has 0 unspecified atom stereocenters. The number of ketones is 1. The molecule has 0 saturated heterocycles. The van der Waals surface area contributed by atoms with E-state index >= 15 is 0 Å². The maximum atomic E-state index is 11.6. The summed E-state index contributed by atoms with van der Waals surface area (Å²) in [7, 11) is 0. The molecule has 4 rings (SSSR count). The Bertz CT molecular complexity index is 1200. The van der Waals surface area contributed by atoms with Crippen LogP contribution in [0.15, 0.2) is 84.9 Å². The summed E-state index contributed by atoms with van der Waals surface area (Å²) in [6.07, 6.45) is 0.569. The van der Waals surface area contributed by atoms with Crippen molar-refractivity contribution >= 4 is 28.2 Å². The molecule has 0 N–H and O–H groups in total. The van der Waals surface area contributed by atoms with Crippen molar-refractivity contribution in [3.8, 4) is 11.5 Å². The highest BCUT2D eigenvalue weighted by Crippen LogP contribution is 2.39. The molecule has 4 aromatic rings. The van der Waals surface area contributed by atoms with Gasteiger partial charge in [-0.3, -0.25) is 4.79 Å². The van der Waals surface area contributed by atoms with E-state index in [-0.39, 0.29) is 12.4 Å². The number of carbonyl (C=O) groups is 1. The molecule has 0 saturated carbocycles. The molecule has 0 amide bonds. The molecule has 3 nitrogen and oxygen atoms in total. The van der Waals surface area contributed by atoms with Gasteiger partial charge in [0.15, 0.2) is 5.78 Å². The molecular formula is C27H23ClO3. The van der Waals surface area contributed by atoms with Gasteiger partial charge in [-0.05, 0) is 30.2 Å². The molecule has 0 aliphatic carbocycles. The molecule has 156 valence electrons. The fraction of sp³-hybridized carbons (Fsp3) is 0.148. The number of fused-ring (bicyclic) bond motifs is 1. The van der Waals surface area contributed by atoms with Gasteiger partial charge in [-0.15, -0.1) is 0 Å². The van der Waals surface area contributed by atoms with Gasteiger partial charge >= 0.3 is 0 Å². The van der Waals surface area contributed by atoms with Crippen molar-refractivity contribution in [2.45, 2.75) is 20.0 Å². The summed E-state index contributed by atoms with van der Waals surface area (Å²) in [5.41, 5.74) is 3.01. The van der Waals surface area contributed by atoms with Crippen molar-refractivity contribution in [3.05, 3.63) is 107 Å². The third-order valence-corrected chi connectivity index (χ3v) is 5.40. The predicted molar refractivity (Wildman–Crippen MR) is 125 cm³/mol. The van der Waals surface area contributed by atoms with E-state index in [9.17, 15) is 4.79 Å². The summed E-state index contributed by atoms with van der Waals surface area (Å²) in [5.74, 6) is 1.44. The van der Waals surface area contributed by atoms with Gasteiger partial charge in [-0.25, -0.2) is 0 Å². The summed E-state index contributed by atoms with van der Waals surface area (Å²) in [5, 5.41) is 2.55. The fourth-order valence-corrected chi connectivity index (χ4v) is 3.75. The van der Waals surface area contributed by atoms with Gasteiger partial charge in [0.1, 0.15) is 24.7 Å². The van der Waals surface area contributed by atoms with Gasteiger partial charge in [-0.1, -0.05) is 84.4 Å². The predicted octanol–water partition coefficient (Wildman–Crippen LogP) is 6.63. The Morgan fingerprint density at radius 1 is 0.806 bits per heavy atom. The highest BCUT2D eigenvalue weighted by atomic mass is 35.5. The molecule has 0 aromatic heterocycles. The van der Waals surface area contributed by atoms with Gasteiger partial charge < -0.3 is 9.47 Å². The van der Waals surface area contributed by atoms with Gasteiger partial charge in [0.2, 0.25) is 0 Å². The number of benzene rings is 4. The normalized spacial score (nSPS) is 10.8. The van der Waals surface area contributed by atoms with Crippen molar-refractivity contribution in [2.24, 2.45) is 0 Å². The second-order valence-corrected chi connectivity index (χ2v) is 7.85. The van der Waals surface area contributed by atoms with Crippen molar-refractivity contribution in [1.82, 2.24) is 0 Å². The molecule has 0 fully saturated rings. The van der Waals surface area contributed by atoms with E-state index in [0.29, 0.717) is 23.8 Å². The van der Waals surface area contributed by atoms with Crippen LogP contribution in [0.4, 0.5) is 0 Å². The first-order chi connectivity index (χ1) is 15.1. The van der Waals surface area contributed by atoms with Crippen LogP contribution in [-0.2, 0) is 17.8 Å². The average molecular weight is 431 g/mol. The standard InChI is InChI=1S/C27H23ClO3/c1-19(29)17-31-27-22(15-21-11-5-8-14-25(21)28)16-26(23-12-6-7-13-24(23)27)30-18-20-9-3-2-4-10-20/h2-14,16H,15,17-18H2,1H3. The van der Waals surface area contributed by atoms with Crippen LogP contribution in [0, 0.1) is 0 Å². The Morgan fingerprint density at radius 3 is 2.23 bits per heavy atom. The second kappa shape index (κ2) is 9.67. The minimum absolute atomic E-state index is 0.0176. The smallest absolute Gasteiger partial charge is 0.167 e. The first-order valence-electron chi connectivity index (χ1n) is 10.2. The Morgan fingerprint density at radius 2 is 1.48 bits per heavy atom. The monoisotopic (exact) mass is 430 g/mol. The lowest BCUT2D eigenvalue weighted by Gasteiger charge is -2.18. The first-order valence-corrected chi connectivity index (χ1v) is 10.6. The van der Waals surface area contributed by atoms with Gasteiger partial charge in [0.25, 0.3) is 0 Å². The first kappa shape index (κ1) is 21.0. The van der Waals surface area contributed by atoms with Gasteiger partial charge in [0.05, 0.1) is 0 Å². The second-order valence-electron chi connectivity index (χ2n) is 7.44. The zero-order valence-corrected chi connectivity index (χ0v) is 18.1. The lowest BCUT2D eigenvalue weighted by Crippen LogP contribution is -2.09.